The molecule has 4 rings (SSSR count). The van der Waals surface area contributed by atoms with Gasteiger partial charge in [-0.2, -0.15) is 5.10 Å². The van der Waals surface area contributed by atoms with Gasteiger partial charge in [0.1, 0.15) is 12.7 Å². The molecule has 1 amide bonds. The first-order chi connectivity index (χ1) is 12.3. The van der Waals surface area contributed by atoms with E-state index in [1.807, 2.05) is 12.1 Å². The molecule has 1 unspecified atom stereocenters. The van der Waals surface area contributed by atoms with Crippen molar-refractivity contribution in [2.45, 2.75) is 31.7 Å². The van der Waals surface area contributed by atoms with Gasteiger partial charge < -0.3 is 5.32 Å². The number of amides is 1. The van der Waals surface area contributed by atoms with Gasteiger partial charge in [-0.15, -0.1) is 0 Å². The fourth-order valence-electron chi connectivity index (χ4n) is 3.44. The van der Waals surface area contributed by atoms with Gasteiger partial charge in [0.15, 0.2) is 5.82 Å². The molecule has 2 aromatic heterocycles. The molecule has 1 aliphatic carbocycles. The summed E-state index contributed by atoms with van der Waals surface area (Å²) in [7, 11) is 0. The summed E-state index contributed by atoms with van der Waals surface area (Å²) in [5, 5.41) is 7.13. The maximum atomic E-state index is 12.4. The van der Waals surface area contributed by atoms with Crippen LogP contribution in [0.2, 0.25) is 0 Å². The minimum Gasteiger partial charge on any atom is -0.352 e. The first kappa shape index (κ1) is 15.5. The number of rotatable bonds is 5. The van der Waals surface area contributed by atoms with Gasteiger partial charge in [0.2, 0.25) is 5.91 Å². The molecule has 1 atom stereocenters. The number of carbonyl (C=O) groups is 1. The second-order valence-electron chi connectivity index (χ2n) is 6.24. The van der Waals surface area contributed by atoms with E-state index in [4.69, 9.17) is 0 Å². The molecule has 0 spiro atoms. The summed E-state index contributed by atoms with van der Waals surface area (Å²) in [6.07, 6.45) is 7.41. The highest BCUT2D eigenvalue weighted by atomic mass is 16.1. The highest BCUT2D eigenvalue weighted by Gasteiger charge is 2.24. The number of nitrogens with one attached hydrogen (secondary N) is 1. The predicted molar refractivity (Wildman–Crippen MR) is 93.1 cm³/mol. The summed E-state index contributed by atoms with van der Waals surface area (Å²) in [5.74, 6) is 1.07. The Kier molecular flexibility index (Phi) is 4.24. The molecule has 6 nitrogen and oxygen atoms in total. The summed E-state index contributed by atoms with van der Waals surface area (Å²) in [6, 6.07) is 12.2. The number of benzene rings is 1. The number of hydrogen-bond acceptors (Lipinski definition) is 4. The van der Waals surface area contributed by atoms with Gasteiger partial charge in [-0.25, -0.2) is 14.6 Å². The minimum atomic E-state index is 0.0649. The molecule has 0 fully saturated rings. The first-order valence-corrected chi connectivity index (χ1v) is 8.44. The zero-order valence-electron chi connectivity index (χ0n) is 13.8. The van der Waals surface area contributed by atoms with Crippen LogP contribution in [-0.4, -0.2) is 25.7 Å². The molecule has 1 aromatic carbocycles. The first-order valence-electron chi connectivity index (χ1n) is 8.44. The van der Waals surface area contributed by atoms with Crippen molar-refractivity contribution in [2.24, 2.45) is 0 Å². The van der Waals surface area contributed by atoms with Crippen molar-refractivity contribution < 1.29 is 4.79 Å². The van der Waals surface area contributed by atoms with E-state index in [9.17, 15) is 4.79 Å². The van der Waals surface area contributed by atoms with Crippen molar-refractivity contribution in [2.75, 3.05) is 0 Å². The van der Waals surface area contributed by atoms with E-state index in [-0.39, 0.29) is 5.91 Å². The van der Waals surface area contributed by atoms with Crippen LogP contribution in [0.5, 0.6) is 0 Å². The standard InChI is InChI=1S/C19H19N5O/c25-18(10-15-8-7-14-4-1-2-6-17(14)15)22-11-16-5-3-9-21-19(16)24-13-20-12-23-24/h1-6,9,12-13,15H,7-8,10-11H2,(H,22,25). The van der Waals surface area contributed by atoms with E-state index in [1.165, 1.54) is 17.5 Å². The molecule has 126 valence electrons. The Morgan fingerprint density at radius 3 is 3.04 bits per heavy atom. The molecule has 2 heterocycles. The van der Waals surface area contributed by atoms with Crippen molar-refractivity contribution >= 4 is 5.91 Å². The molecule has 0 bridgehead atoms. The molecular formula is C19H19N5O. The maximum Gasteiger partial charge on any atom is 0.220 e. The zero-order chi connectivity index (χ0) is 17.1. The predicted octanol–water partition coefficient (Wildman–Crippen LogP) is 2.40. The van der Waals surface area contributed by atoms with Crippen LogP contribution in [0.3, 0.4) is 0 Å². The number of aromatic nitrogens is 4. The summed E-state index contributed by atoms with van der Waals surface area (Å²) in [6.45, 7) is 0.427. The average molecular weight is 333 g/mol. The Hall–Kier alpha value is -3.02. The summed E-state index contributed by atoms with van der Waals surface area (Å²) in [5.41, 5.74) is 3.61. The second-order valence-corrected chi connectivity index (χ2v) is 6.24. The van der Waals surface area contributed by atoms with Crippen LogP contribution in [0, 0.1) is 0 Å². The number of aryl methyl sites for hydroxylation is 1. The van der Waals surface area contributed by atoms with E-state index in [0.29, 0.717) is 24.7 Å². The van der Waals surface area contributed by atoms with Gasteiger partial charge in [0, 0.05) is 24.7 Å². The van der Waals surface area contributed by atoms with Gasteiger partial charge in [-0.3, -0.25) is 4.79 Å². The third-order valence-electron chi connectivity index (χ3n) is 4.67. The monoisotopic (exact) mass is 333 g/mol. The van der Waals surface area contributed by atoms with Crippen LogP contribution in [0.15, 0.2) is 55.2 Å². The zero-order valence-corrected chi connectivity index (χ0v) is 13.8. The normalized spacial score (nSPS) is 15.8. The summed E-state index contributed by atoms with van der Waals surface area (Å²) < 4.78 is 1.61. The van der Waals surface area contributed by atoms with Crippen molar-refractivity contribution in [3.8, 4) is 5.82 Å². The third-order valence-corrected chi connectivity index (χ3v) is 4.67. The fraction of sp³-hybridized carbons (Fsp3) is 0.263. The van der Waals surface area contributed by atoms with Crippen LogP contribution < -0.4 is 5.32 Å². The van der Waals surface area contributed by atoms with Gasteiger partial charge in [0.05, 0.1) is 0 Å². The lowest BCUT2D eigenvalue weighted by molar-refractivity contribution is -0.121. The van der Waals surface area contributed by atoms with Gasteiger partial charge in [-0.1, -0.05) is 30.3 Å². The van der Waals surface area contributed by atoms with E-state index < -0.39 is 0 Å². The SMILES string of the molecule is O=C(CC1CCc2ccccc21)NCc1cccnc1-n1cncn1. The lowest BCUT2D eigenvalue weighted by Gasteiger charge is -2.13. The van der Waals surface area contributed by atoms with Crippen LogP contribution in [0.25, 0.3) is 5.82 Å². The van der Waals surface area contributed by atoms with E-state index in [2.05, 4.69) is 44.6 Å². The number of fused-ring (bicyclic) bond motifs is 1. The smallest absolute Gasteiger partial charge is 0.220 e. The molecule has 1 N–H and O–H groups in total. The molecule has 6 heteroatoms. The Morgan fingerprint density at radius 2 is 2.16 bits per heavy atom. The molecule has 1 aliphatic rings. The lowest BCUT2D eigenvalue weighted by Crippen LogP contribution is -2.25. The van der Waals surface area contributed by atoms with Crippen molar-refractivity contribution in [1.82, 2.24) is 25.1 Å². The molecule has 25 heavy (non-hydrogen) atoms. The number of hydrogen-bond donors (Lipinski definition) is 1. The van der Waals surface area contributed by atoms with E-state index in [0.717, 1.165) is 18.4 Å². The van der Waals surface area contributed by atoms with E-state index in [1.54, 1.807) is 17.2 Å². The van der Waals surface area contributed by atoms with E-state index >= 15 is 0 Å². The second kappa shape index (κ2) is 6.84. The van der Waals surface area contributed by atoms with Crippen LogP contribution in [-0.2, 0) is 17.8 Å². The Bertz CT molecular complexity index is 875. The number of carbonyl (C=O) groups excluding carboxylic acids is 1. The molecule has 0 saturated carbocycles. The van der Waals surface area contributed by atoms with Crippen molar-refractivity contribution in [3.63, 3.8) is 0 Å². The third kappa shape index (κ3) is 3.28. The lowest BCUT2D eigenvalue weighted by atomic mass is 9.97. The molecule has 0 saturated heterocycles. The summed E-state index contributed by atoms with van der Waals surface area (Å²) in [4.78, 5) is 20.7. The molecule has 0 aliphatic heterocycles. The van der Waals surface area contributed by atoms with Crippen LogP contribution >= 0.6 is 0 Å². The van der Waals surface area contributed by atoms with Gasteiger partial charge in [-0.05, 0) is 36.0 Å². The van der Waals surface area contributed by atoms with Crippen molar-refractivity contribution in [1.29, 1.82) is 0 Å². The number of pyridine rings is 1. The Labute approximate surface area is 145 Å². The highest BCUT2D eigenvalue weighted by molar-refractivity contribution is 5.77. The minimum absolute atomic E-state index is 0.0649. The average Bonchev–Trinajstić information content (AvgIpc) is 3.31. The van der Waals surface area contributed by atoms with Crippen molar-refractivity contribution in [3.05, 3.63) is 71.9 Å². The Morgan fingerprint density at radius 1 is 1.24 bits per heavy atom. The maximum absolute atomic E-state index is 12.4. The molecular weight excluding hydrogens is 314 g/mol. The Balaban J connectivity index is 1.41. The summed E-state index contributed by atoms with van der Waals surface area (Å²) >= 11 is 0. The topological polar surface area (TPSA) is 72.7 Å². The quantitative estimate of drug-likeness (QED) is 0.778. The largest absolute Gasteiger partial charge is 0.352 e. The van der Waals surface area contributed by atoms with Crippen LogP contribution in [0.1, 0.15) is 35.4 Å². The van der Waals surface area contributed by atoms with Gasteiger partial charge >= 0.3 is 0 Å². The molecule has 3 aromatic rings. The van der Waals surface area contributed by atoms with Crippen LogP contribution in [0.4, 0.5) is 0 Å². The van der Waals surface area contributed by atoms with Gasteiger partial charge in [0.25, 0.3) is 0 Å². The number of nitrogens with zero attached hydrogens (tertiary/aromatic N) is 4. The fourth-order valence-corrected chi connectivity index (χ4v) is 3.44. The highest BCUT2D eigenvalue weighted by Crippen LogP contribution is 2.35. The molecule has 0 radical (unpaired) electrons.